The van der Waals surface area contributed by atoms with Gasteiger partial charge < -0.3 is 0 Å². The zero-order valence-electron chi connectivity index (χ0n) is 10.3. The lowest BCUT2D eigenvalue weighted by molar-refractivity contribution is -0.137. The van der Waals surface area contributed by atoms with Crippen molar-refractivity contribution in [2.75, 3.05) is 0 Å². The summed E-state index contributed by atoms with van der Waals surface area (Å²) >= 11 is 0. The molecule has 0 N–H and O–H groups in total. The zero-order valence-corrected chi connectivity index (χ0v) is 10.3. The minimum absolute atomic E-state index is 0.575. The van der Waals surface area contributed by atoms with E-state index in [0.29, 0.717) is 0 Å². The summed E-state index contributed by atoms with van der Waals surface area (Å²) in [4.78, 5) is 0. The first-order valence-corrected chi connectivity index (χ1v) is 6.01. The Morgan fingerprint density at radius 3 is 1.76 bits per heavy atom. The Labute approximate surface area is 101 Å². The summed E-state index contributed by atoms with van der Waals surface area (Å²) in [7, 11) is 0. The molecule has 0 amide bonds. The number of hydrogen-bond acceptors (Lipinski definition) is 0. The Balaban J connectivity index is 2.84. The van der Waals surface area contributed by atoms with Crippen LogP contribution in [0.3, 0.4) is 0 Å². The molecule has 0 saturated heterocycles. The maximum atomic E-state index is 12.4. The van der Waals surface area contributed by atoms with Gasteiger partial charge in [-0.1, -0.05) is 13.8 Å². The van der Waals surface area contributed by atoms with Gasteiger partial charge in [0.25, 0.3) is 0 Å². The van der Waals surface area contributed by atoms with Crippen molar-refractivity contribution < 1.29 is 13.2 Å². The summed E-state index contributed by atoms with van der Waals surface area (Å²) in [5.41, 5.74) is 0.371. The highest BCUT2D eigenvalue weighted by Gasteiger charge is 2.32. The summed E-state index contributed by atoms with van der Waals surface area (Å²) in [6, 6.07) is 5.51. The molecule has 0 spiro atoms. The number of halogens is 3. The average molecular weight is 243 g/mol. The lowest BCUT2D eigenvalue weighted by Crippen LogP contribution is -2.06. The molecule has 1 rings (SSSR count). The van der Waals surface area contributed by atoms with Crippen LogP contribution in [0.25, 0.3) is 0 Å². The van der Waals surface area contributed by atoms with E-state index in [0.717, 1.165) is 31.2 Å². The summed E-state index contributed by atoms with van der Waals surface area (Å²) in [5.74, 6) is 1.25. The highest BCUT2D eigenvalue weighted by atomic mass is 19.4. The molecule has 0 atom stereocenters. The highest BCUT2D eigenvalue weighted by molar-refractivity contribution is 5.34. The summed E-state index contributed by atoms with van der Waals surface area (Å²) in [5, 5.41) is 0. The first kappa shape index (κ1) is 13.9. The Morgan fingerprint density at radius 2 is 1.41 bits per heavy atom. The van der Waals surface area contributed by atoms with Crippen molar-refractivity contribution in [1.29, 1.82) is 0 Å². The SMILES string of the molecule is CCC[C+](CCC)c1ccc(C(F)(F)F)cc1. The van der Waals surface area contributed by atoms with Crippen molar-refractivity contribution in [3.05, 3.63) is 41.3 Å². The smallest absolute Gasteiger partial charge is 0.166 e. The normalized spacial score (nSPS) is 11.6. The van der Waals surface area contributed by atoms with Crippen molar-refractivity contribution in [1.82, 2.24) is 0 Å². The lowest BCUT2D eigenvalue weighted by Gasteiger charge is -2.09. The fraction of sp³-hybridized carbons (Fsp3) is 0.500. The van der Waals surface area contributed by atoms with Crippen molar-refractivity contribution in [3.8, 4) is 0 Å². The molecule has 1 aromatic carbocycles. The van der Waals surface area contributed by atoms with Gasteiger partial charge in [0.15, 0.2) is 0 Å². The third kappa shape index (κ3) is 3.99. The molecule has 0 aliphatic heterocycles. The molecule has 0 unspecified atom stereocenters. The molecule has 0 aromatic heterocycles. The van der Waals surface area contributed by atoms with Gasteiger partial charge in [0.05, 0.1) is 5.56 Å². The Morgan fingerprint density at radius 1 is 0.941 bits per heavy atom. The van der Waals surface area contributed by atoms with Crippen LogP contribution in [0, 0.1) is 5.92 Å². The van der Waals surface area contributed by atoms with Crippen molar-refractivity contribution >= 4 is 0 Å². The number of alkyl halides is 3. The first-order chi connectivity index (χ1) is 7.99. The van der Waals surface area contributed by atoms with E-state index in [4.69, 9.17) is 0 Å². The molecule has 0 radical (unpaired) electrons. The number of rotatable bonds is 5. The largest absolute Gasteiger partial charge is 0.418 e. The molecule has 0 heterocycles. The van der Waals surface area contributed by atoms with Crippen LogP contribution in [0.2, 0.25) is 0 Å². The van der Waals surface area contributed by atoms with Crippen LogP contribution in [-0.4, -0.2) is 0 Å². The fourth-order valence-corrected chi connectivity index (χ4v) is 1.91. The molecule has 0 fully saturated rings. The predicted octanol–water partition coefficient (Wildman–Crippen LogP) is 5.23. The van der Waals surface area contributed by atoms with Gasteiger partial charge in [-0.25, -0.2) is 0 Å². The van der Waals surface area contributed by atoms with Crippen LogP contribution in [-0.2, 0) is 6.18 Å². The number of benzene rings is 1. The van der Waals surface area contributed by atoms with Gasteiger partial charge in [-0.3, -0.25) is 0 Å². The van der Waals surface area contributed by atoms with Gasteiger partial charge in [0.2, 0.25) is 0 Å². The number of hydrogen-bond donors (Lipinski definition) is 0. The van der Waals surface area contributed by atoms with Crippen LogP contribution in [0.1, 0.15) is 50.7 Å². The molecule has 0 nitrogen and oxygen atoms in total. The Kier molecular flexibility index (Phi) is 4.91. The van der Waals surface area contributed by atoms with Crippen molar-refractivity contribution in [2.24, 2.45) is 0 Å². The predicted molar refractivity (Wildman–Crippen MR) is 63.6 cm³/mol. The van der Waals surface area contributed by atoms with Gasteiger partial charge in [-0.15, -0.1) is 0 Å². The van der Waals surface area contributed by atoms with E-state index in [1.165, 1.54) is 18.1 Å². The molecule has 0 bridgehead atoms. The molecule has 94 valence electrons. The average Bonchev–Trinajstić information content (AvgIpc) is 2.28. The van der Waals surface area contributed by atoms with E-state index in [2.05, 4.69) is 13.8 Å². The van der Waals surface area contributed by atoms with Crippen LogP contribution in [0.15, 0.2) is 24.3 Å². The topological polar surface area (TPSA) is 0 Å². The van der Waals surface area contributed by atoms with Gasteiger partial charge in [0.1, 0.15) is 5.56 Å². The summed E-state index contributed by atoms with van der Waals surface area (Å²) < 4.78 is 37.2. The van der Waals surface area contributed by atoms with Crippen LogP contribution in [0.5, 0.6) is 0 Å². The quantitative estimate of drug-likeness (QED) is 0.621. The molecular weight excluding hydrogens is 225 g/mol. The second kappa shape index (κ2) is 5.99. The van der Waals surface area contributed by atoms with E-state index in [9.17, 15) is 13.2 Å². The summed E-state index contributed by atoms with van der Waals surface area (Å²) in [6.45, 7) is 4.17. The fourth-order valence-electron chi connectivity index (χ4n) is 1.91. The minimum atomic E-state index is -4.24. The Bertz CT molecular complexity index is 318. The van der Waals surface area contributed by atoms with Gasteiger partial charge >= 0.3 is 6.18 Å². The van der Waals surface area contributed by atoms with Gasteiger partial charge in [-0.2, -0.15) is 13.2 Å². The molecule has 17 heavy (non-hydrogen) atoms. The van der Waals surface area contributed by atoms with Crippen molar-refractivity contribution in [3.63, 3.8) is 0 Å². The third-order valence-electron chi connectivity index (χ3n) is 2.72. The molecule has 0 aliphatic carbocycles. The highest BCUT2D eigenvalue weighted by Crippen LogP contribution is 2.31. The van der Waals surface area contributed by atoms with E-state index >= 15 is 0 Å². The van der Waals surface area contributed by atoms with Crippen molar-refractivity contribution in [2.45, 2.75) is 45.7 Å². The van der Waals surface area contributed by atoms with E-state index in [1.807, 2.05) is 0 Å². The standard InChI is InChI=1S/C14H18F3/c1-3-5-11(6-4-2)12-7-9-13(10-8-12)14(15,16)17/h7-10H,3-6H2,1-2H3/q+1. The second-order valence-corrected chi connectivity index (χ2v) is 4.18. The second-order valence-electron chi connectivity index (χ2n) is 4.18. The van der Waals surface area contributed by atoms with E-state index in [1.54, 1.807) is 12.1 Å². The first-order valence-electron chi connectivity index (χ1n) is 6.01. The van der Waals surface area contributed by atoms with Gasteiger partial charge in [-0.05, 0) is 12.8 Å². The lowest BCUT2D eigenvalue weighted by atomic mass is 9.90. The molecule has 0 saturated carbocycles. The molecule has 3 heteroatoms. The third-order valence-corrected chi connectivity index (χ3v) is 2.72. The Hall–Kier alpha value is -1.12. The van der Waals surface area contributed by atoms with E-state index in [-0.39, 0.29) is 0 Å². The minimum Gasteiger partial charge on any atom is -0.166 e. The maximum absolute atomic E-state index is 12.4. The van der Waals surface area contributed by atoms with Crippen LogP contribution >= 0.6 is 0 Å². The van der Waals surface area contributed by atoms with Crippen LogP contribution in [0.4, 0.5) is 13.2 Å². The van der Waals surface area contributed by atoms with Gasteiger partial charge in [0, 0.05) is 43.0 Å². The molecule has 0 aliphatic rings. The summed E-state index contributed by atoms with van der Waals surface area (Å²) in [6.07, 6.45) is -0.278. The monoisotopic (exact) mass is 243 g/mol. The molecule has 1 aromatic rings. The molecular formula is C14H18F3+. The zero-order chi connectivity index (χ0) is 12.9. The van der Waals surface area contributed by atoms with E-state index < -0.39 is 11.7 Å². The van der Waals surface area contributed by atoms with Crippen LogP contribution < -0.4 is 0 Å². The maximum Gasteiger partial charge on any atom is 0.418 e.